The maximum Gasteiger partial charge on any atom is 0.573 e. The summed E-state index contributed by atoms with van der Waals surface area (Å²) in [6, 6.07) is 8.44. The Morgan fingerprint density at radius 1 is 0.543 bits per heavy atom. The van der Waals surface area contributed by atoms with E-state index < -0.39 is 81.1 Å². The first-order chi connectivity index (χ1) is 21.4. The standard InChI is InChI=1S/C31H11F11N2O2/c1-12-2-13(3-22(32)28(12)35)16-6-18-19-7-17(14-4-23(33)29(36)24(34)5-14)26(46-31(40,41)42)9-21(19)27(15(10-43)11-44)20(18)8-25(16)45-30(37,38)39/h2-9H,1H3. The second-order valence-corrected chi connectivity index (χ2v) is 9.70. The number of nitrogens with zero attached hydrogens (tertiary/aromatic N) is 2. The third kappa shape index (κ3) is 5.79. The van der Waals surface area contributed by atoms with Crippen LogP contribution in [0.2, 0.25) is 0 Å². The molecule has 1 aliphatic carbocycles. The molecule has 15 heteroatoms. The lowest BCUT2D eigenvalue weighted by atomic mass is 9.94. The number of nitriles is 2. The highest BCUT2D eigenvalue weighted by Crippen LogP contribution is 2.53. The minimum absolute atomic E-state index is 0.164. The van der Waals surface area contributed by atoms with Crippen molar-refractivity contribution in [3.63, 3.8) is 0 Å². The zero-order valence-electron chi connectivity index (χ0n) is 22.5. The third-order valence-electron chi connectivity index (χ3n) is 6.81. The molecule has 0 fully saturated rings. The van der Waals surface area contributed by atoms with E-state index in [1.165, 1.54) is 12.1 Å². The van der Waals surface area contributed by atoms with Crippen LogP contribution in [-0.4, -0.2) is 12.7 Å². The SMILES string of the molecule is Cc1cc(-c2cc3c(cc2OC(F)(F)F)C(=C(C#N)C#N)c2cc(OC(F)(F)F)c(-c4cc(F)c(F)c(F)c4)cc2-3)cc(F)c1F. The molecule has 0 saturated heterocycles. The van der Waals surface area contributed by atoms with Crippen molar-refractivity contribution in [1.29, 1.82) is 10.5 Å². The van der Waals surface area contributed by atoms with Gasteiger partial charge in [-0.3, -0.25) is 0 Å². The number of rotatable bonds is 4. The zero-order valence-corrected chi connectivity index (χ0v) is 22.5. The topological polar surface area (TPSA) is 66.0 Å². The summed E-state index contributed by atoms with van der Waals surface area (Å²) in [5, 5.41) is 19.3. The number of benzene rings is 4. The molecule has 4 nitrogen and oxygen atoms in total. The predicted molar refractivity (Wildman–Crippen MR) is 138 cm³/mol. The average molecular weight is 652 g/mol. The van der Waals surface area contributed by atoms with E-state index in [0.717, 1.165) is 25.1 Å². The molecule has 0 aromatic heterocycles. The van der Waals surface area contributed by atoms with Crippen molar-refractivity contribution in [3.8, 4) is 57.0 Å². The first kappa shape index (κ1) is 31.8. The van der Waals surface area contributed by atoms with E-state index in [1.54, 1.807) is 0 Å². The van der Waals surface area contributed by atoms with Crippen molar-refractivity contribution < 1.29 is 57.8 Å². The fourth-order valence-corrected chi connectivity index (χ4v) is 5.03. The van der Waals surface area contributed by atoms with Crippen molar-refractivity contribution in [1.82, 2.24) is 0 Å². The Hall–Kier alpha value is -5.57. The molecule has 4 aromatic rings. The van der Waals surface area contributed by atoms with Gasteiger partial charge in [-0.05, 0) is 94.4 Å². The van der Waals surface area contributed by atoms with Crippen molar-refractivity contribution in [3.05, 3.63) is 99.9 Å². The van der Waals surface area contributed by atoms with E-state index in [9.17, 15) is 58.8 Å². The summed E-state index contributed by atoms with van der Waals surface area (Å²) in [5.74, 6) is -10.4. The van der Waals surface area contributed by atoms with E-state index in [4.69, 9.17) is 0 Å². The summed E-state index contributed by atoms with van der Waals surface area (Å²) in [5.41, 5.74) is -4.81. The Bertz CT molecular complexity index is 1880. The lowest BCUT2D eigenvalue weighted by Gasteiger charge is -2.17. The molecule has 1 aliphatic rings. The minimum Gasteiger partial charge on any atom is -0.405 e. The molecule has 4 aromatic carbocycles. The van der Waals surface area contributed by atoms with Gasteiger partial charge in [0.1, 0.15) is 29.2 Å². The normalized spacial score (nSPS) is 12.3. The molecular formula is C31H11F11N2O2. The van der Waals surface area contributed by atoms with Crippen LogP contribution in [0.25, 0.3) is 39.0 Å². The van der Waals surface area contributed by atoms with E-state index in [-0.39, 0.29) is 33.4 Å². The highest BCUT2D eigenvalue weighted by molar-refractivity contribution is 6.07. The molecule has 0 heterocycles. The molecule has 0 unspecified atom stereocenters. The summed E-state index contributed by atoms with van der Waals surface area (Å²) in [4.78, 5) is 0. The lowest BCUT2D eigenvalue weighted by molar-refractivity contribution is -0.275. The van der Waals surface area contributed by atoms with Crippen LogP contribution in [0, 0.1) is 58.7 Å². The van der Waals surface area contributed by atoms with Crippen molar-refractivity contribution in [2.75, 3.05) is 0 Å². The summed E-state index contributed by atoms with van der Waals surface area (Å²) >= 11 is 0. The number of ether oxygens (including phenoxy) is 2. The molecule has 5 rings (SSSR count). The van der Waals surface area contributed by atoms with Gasteiger partial charge in [-0.1, -0.05) is 0 Å². The van der Waals surface area contributed by atoms with Gasteiger partial charge in [-0.2, -0.15) is 10.5 Å². The Morgan fingerprint density at radius 2 is 0.935 bits per heavy atom. The maximum absolute atomic E-state index is 14.4. The van der Waals surface area contributed by atoms with Gasteiger partial charge in [0.2, 0.25) is 0 Å². The predicted octanol–water partition coefficient (Wildman–Crippen LogP) is 9.65. The smallest absolute Gasteiger partial charge is 0.405 e. The Morgan fingerprint density at radius 3 is 1.30 bits per heavy atom. The van der Waals surface area contributed by atoms with Gasteiger partial charge in [0, 0.05) is 16.7 Å². The van der Waals surface area contributed by atoms with E-state index >= 15 is 0 Å². The molecule has 0 atom stereocenters. The largest absolute Gasteiger partial charge is 0.573 e. The first-order valence-corrected chi connectivity index (χ1v) is 12.5. The van der Waals surface area contributed by atoms with Gasteiger partial charge in [0.15, 0.2) is 29.1 Å². The second-order valence-electron chi connectivity index (χ2n) is 9.70. The number of hydrogen-bond acceptors (Lipinski definition) is 4. The van der Waals surface area contributed by atoms with Crippen LogP contribution in [0.4, 0.5) is 48.3 Å². The molecule has 0 spiro atoms. The van der Waals surface area contributed by atoms with Crippen LogP contribution in [0.15, 0.2) is 54.1 Å². The van der Waals surface area contributed by atoms with E-state index in [1.807, 2.05) is 0 Å². The van der Waals surface area contributed by atoms with Gasteiger partial charge in [-0.15, -0.1) is 26.3 Å². The molecule has 0 amide bonds. The third-order valence-corrected chi connectivity index (χ3v) is 6.81. The zero-order chi connectivity index (χ0) is 33.9. The molecule has 0 saturated carbocycles. The van der Waals surface area contributed by atoms with Crippen molar-refractivity contribution in [2.45, 2.75) is 19.6 Å². The molecular weight excluding hydrogens is 641 g/mol. The molecule has 0 aliphatic heterocycles. The van der Waals surface area contributed by atoms with Gasteiger partial charge < -0.3 is 9.47 Å². The summed E-state index contributed by atoms with van der Waals surface area (Å²) < 4.78 is 160. The van der Waals surface area contributed by atoms with Gasteiger partial charge >= 0.3 is 12.7 Å². The van der Waals surface area contributed by atoms with E-state index in [0.29, 0.717) is 30.3 Å². The van der Waals surface area contributed by atoms with Crippen molar-refractivity contribution in [2.24, 2.45) is 0 Å². The highest BCUT2D eigenvalue weighted by atomic mass is 19.4. The van der Waals surface area contributed by atoms with E-state index in [2.05, 4.69) is 9.47 Å². The van der Waals surface area contributed by atoms with Crippen LogP contribution < -0.4 is 9.47 Å². The molecule has 0 radical (unpaired) electrons. The van der Waals surface area contributed by atoms with Gasteiger partial charge in [0.05, 0.1) is 0 Å². The Kier molecular flexibility index (Phi) is 7.68. The van der Waals surface area contributed by atoms with Crippen LogP contribution in [0.5, 0.6) is 11.5 Å². The Labute approximate surface area is 250 Å². The van der Waals surface area contributed by atoms with Crippen molar-refractivity contribution >= 4 is 5.57 Å². The molecule has 0 N–H and O–H groups in total. The van der Waals surface area contributed by atoms with Crippen LogP contribution in [0.3, 0.4) is 0 Å². The fourth-order valence-electron chi connectivity index (χ4n) is 5.03. The molecule has 0 bridgehead atoms. The highest BCUT2D eigenvalue weighted by Gasteiger charge is 2.38. The number of fused-ring (bicyclic) bond motifs is 3. The summed E-state index contributed by atoms with van der Waals surface area (Å²) in [7, 11) is 0. The summed E-state index contributed by atoms with van der Waals surface area (Å²) in [6.07, 6.45) is -10.8. The maximum atomic E-state index is 14.4. The number of allylic oxidation sites excluding steroid dienone is 1. The van der Waals surface area contributed by atoms with Gasteiger partial charge in [-0.25, -0.2) is 22.0 Å². The number of aryl methyl sites for hydroxylation is 1. The monoisotopic (exact) mass is 652 g/mol. The van der Waals surface area contributed by atoms with Crippen LogP contribution in [0.1, 0.15) is 16.7 Å². The Balaban J connectivity index is 1.92. The number of halogens is 11. The average Bonchev–Trinajstić information content (AvgIpc) is 3.24. The number of alkyl halides is 6. The molecule has 234 valence electrons. The first-order valence-electron chi connectivity index (χ1n) is 12.5. The number of hydrogen-bond donors (Lipinski definition) is 0. The quantitative estimate of drug-likeness (QED) is 0.110. The van der Waals surface area contributed by atoms with Crippen LogP contribution in [-0.2, 0) is 0 Å². The summed E-state index contributed by atoms with van der Waals surface area (Å²) in [6.45, 7) is 1.12. The fraction of sp³-hybridized carbons (Fsp3) is 0.0968. The molecule has 46 heavy (non-hydrogen) atoms. The minimum atomic E-state index is -5.42. The lowest BCUT2D eigenvalue weighted by Crippen LogP contribution is -2.18. The van der Waals surface area contributed by atoms with Gasteiger partial charge in [0.25, 0.3) is 0 Å². The second kappa shape index (κ2) is 11.1. The van der Waals surface area contributed by atoms with Crippen LogP contribution >= 0.6 is 0 Å².